The van der Waals surface area contributed by atoms with E-state index in [0.29, 0.717) is 5.92 Å². The highest BCUT2D eigenvalue weighted by Crippen LogP contribution is 2.23. The van der Waals surface area contributed by atoms with E-state index in [1.165, 1.54) is 32.1 Å². The van der Waals surface area contributed by atoms with E-state index in [1.54, 1.807) is 0 Å². The number of amides is 2. The summed E-state index contributed by atoms with van der Waals surface area (Å²) in [5.74, 6) is 0.654. The lowest BCUT2D eigenvalue weighted by Gasteiger charge is -2.22. The van der Waals surface area contributed by atoms with E-state index in [9.17, 15) is 4.79 Å². The largest absolute Gasteiger partial charge is 0.378 e. The predicted octanol–water partition coefficient (Wildman–Crippen LogP) is 3.76. The molecule has 2 rings (SSSR count). The summed E-state index contributed by atoms with van der Waals surface area (Å²) >= 11 is 0. The van der Waals surface area contributed by atoms with Crippen molar-refractivity contribution in [2.24, 2.45) is 5.92 Å². The second-order valence-electron chi connectivity index (χ2n) is 6.23. The van der Waals surface area contributed by atoms with Crippen LogP contribution in [0.2, 0.25) is 0 Å². The van der Waals surface area contributed by atoms with Crippen LogP contribution in [0.15, 0.2) is 18.2 Å². The highest BCUT2D eigenvalue weighted by Gasteiger charge is 2.14. The summed E-state index contributed by atoms with van der Waals surface area (Å²) in [5, 5.41) is 5.95. The molecule has 4 heteroatoms. The van der Waals surface area contributed by atoms with Gasteiger partial charge in [0.2, 0.25) is 0 Å². The molecule has 1 aromatic rings. The van der Waals surface area contributed by atoms with E-state index in [1.807, 2.05) is 33.2 Å². The summed E-state index contributed by atoms with van der Waals surface area (Å²) in [7, 11) is 4.03. The molecule has 116 valence electrons. The first-order chi connectivity index (χ1) is 10.1. The summed E-state index contributed by atoms with van der Waals surface area (Å²) in [6, 6.07) is 5.96. The SMILES string of the molecule is Cc1cc(N(C)C)ccc1NC(=O)NCC1CCCCC1. The van der Waals surface area contributed by atoms with Crippen molar-refractivity contribution in [2.45, 2.75) is 39.0 Å². The lowest BCUT2D eigenvalue weighted by Crippen LogP contribution is -2.33. The zero-order chi connectivity index (χ0) is 15.2. The van der Waals surface area contributed by atoms with Crippen LogP contribution in [-0.2, 0) is 0 Å². The first-order valence-corrected chi connectivity index (χ1v) is 7.89. The molecular weight excluding hydrogens is 262 g/mol. The number of hydrogen-bond donors (Lipinski definition) is 2. The molecular formula is C17H27N3O. The monoisotopic (exact) mass is 289 g/mol. The van der Waals surface area contributed by atoms with Crippen LogP contribution in [0, 0.1) is 12.8 Å². The average molecular weight is 289 g/mol. The van der Waals surface area contributed by atoms with Gasteiger partial charge in [-0.1, -0.05) is 19.3 Å². The van der Waals surface area contributed by atoms with Gasteiger partial charge >= 0.3 is 6.03 Å². The lowest BCUT2D eigenvalue weighted by atomic mass is 9.89. The molecule has 0 aromatic heterocycles. The van der Waals surface area contributed by atoms with Gasteiger partial charge in [-0.3, -0.25) is 0 Å². The fourth-order valence-corrected chi connectivity index (χ4v) is 2.86. The summed E-state index contributed by atoms with van der Waals surface area (Å²) < 4.78 is 0. The average Bonchev–Trinajstić information content (AvgIpc) is 2.48. The van der Waals surface area contributed by atoms with Gasteiger partial charge in [0.15, 0.2) is 0 Å². The maximum Gasteiger partial charge on any atom is 0.319 e. The Morgan fingerprint density at radius 3 is 2.57 bits per heavy atom. The van der Waals surface area contributed by atoms with Crippen molar-refractivity contribution in [2.75, 3.05) is 30.9 Å². The van der Waals surface area contributed by atoms with Crippen molar-refractivity contribution in [1.82, 2.24) is 5.32 Å². The van der Waals surface area contributed by atoms with Gasteiger partial charge in [-0.05, 0) is 49.4 Å². The van der Waals surface area contributed by atoms with Crippen LogP contribution in [0.1, 0.15) is 37.7 Å². The Labute approximate surface area is 127 Å². The fourth-order valence-electron chi connectivity index (χ4n) is 2.86. The zero-order valence-corrected chi connectivity index (χ0v) is 13.4. The normalized spacial score (nSPS) is 15.6. The number of anilines is 2. The lowest BCUT2D eigenvalue weighted by molar-refractivity contribution is 0.247. The molecule has 0 aliphatic heterocycles. The smallest absolute Gasteiger partial charge is 0.319 e. The van der Waals surface area contributed by atoms with Gasteiger partial charge in [-0.15, -0.1) is 0 Å². The molecule has 0 saturated heterocycles. The van der Waals surface area contributed by atoms with Crippen molar-refractivity contribution in [1.29, 1.82) is 0 Å². The van der Waals surface area contributed by atoms with E-state index in [4.69, 9.17) is 0 Å². The molecule has 1 saturated carbocycles. The van der Waals surface area contributed by atoms with Gasteiger partial charge in [-0.25, -0.2) is 4.79 Å². The minimum atomic E-state index is -0.0960. The van der Waals surface area contributed by atoms with Crippen molar-refractivity contribution in [3.63, 3.8) is 0 Å². The van der Waals surface area contributed by atoms with Crippen molar-refractivity contribution < 1.29 is 4.79 Å². The Kier molecular flexibility index (Phi) is 5.48. The third-order valence-electron chi connectivity index (χ3n) is 4.25. The molecule has 0 bridgehead atoms. The summed E-state index contributed by atoms with van der Waals surface area (Å²) in [5.41, 5.74) is 3.09. The van der Waals surface area contributed by atoms with Crippen LogP contribution in [-0.4, -0.2) is 26.7 Å². The van der Waals surface area contributed by atoms with Gasteiger partial charge in [0, 0.05) is 32.0 Å². The van der Waals surface area contributed by atoms with Crippen molar-refractivity contribution >= 4 is 17.4 Å². The highest BCUT2D eigenvalue weighted by atomic mass is 16.2. The van der Waals surface area contributed by atoms with Gasteiger partial charge in [0.1, 0.15) is 0 Å². The Morgan fingerprint density at radius 1 is 1.24 bits per heavy atom. The molecule has 4 nitrogen and oxygen atoms in total. The molecule has 1 fully saturated rings. The third-order valence-corrected chi connectivity index (χ3v) is 4.25. The van der Waals surface area contributed by atoms with E-state index >= 15 is 0 Å². The quantitative estimate of drug-likeness (QED) is 0.886. The Hall–Kier alpha value is -1.71. The molecule has 0 atom stereocenters. The van der Waals surface area contributed by atoms with Crippen LogP contribution in [0.4, 0.5) is 16.2 Å². The molecule has 2 N–H and O–H groups in total. The number of rotatable bonds is 4. The number of aryl methyl sites for hydroxylation is 1. The van der Waals surface area contributed by atoms with Crippen LogP contribution < -0.4 is 15.5 Å². The number of carbonyl (C=O) groups excluding carboxylic acids is 1. The highest BCUT2D eigenvalue weighted by molar-refractivity contribution is 5.90. The van der Waals surface area contributed by atoms with E-state index < -0.39 is 0 Å². The molecule has 0 unspecified atom stereocenters. The molecule has 0 spiro atoms. The molecule has 2 amide bonds. The topological polar surface area (TPSA) is 44.4 Å². The molecule has 0 heterocycles. The first kappa shape index (κ1) is 15.7. The predicted molar refractivity (Wildman–Crippen MR) is 89.1 cm³/mol. The van der Waals surface area contributed by atoms with E-state index in [-0.39, 0.29) is 6.03 Å². The van der Waals surface area contributed by atoms with Gasteiger partial charge in [0.05, 0.1) is 0 Å². The third kappa shape index (κ3) is 4.66. The van der Waals surface area contributed by atoms with Crippen LogP contribution in [0.3, 0.4) is 0 Å². The minimum absolute atomic E-state index is 0.0960. The molecule has 0 radical (unpaired) electrons. The number of carbonyl (C=O) groups is 1. The van der Waals surface area contributed by atoms with Gasteiger partial charge in [-0.2, -0.15) is 0 Å². The number of urea groups is 1. The van der Waals surface area contributed by atoms with Crippen molar-refractivity contribution in [3.05, 3.63) is 23.8 Å². The van der Waals surface area contributed by atoms with Crippen LogP contribution in [0.25, 0.3) is 0 Å². The number of nitrogens with zero attached hydrogens (tertiary/aromatic N) is 1. The first-order valence-electron chi connectivity index (χ1n) is 7.89. The second-order valence-corrected chi connectivity index (χ2v) is 6.23. The Bertz CT molecular complexity index is 479. The van der Waals surface area contributed by atoms with Gasteiger partial charge < -0.3 is 15.5 Å². The fraction of sp³-hybridized carbons (Fsp3) is 0.588. The molecule has 21 heavy (non-hydrogen) atoms. The zero-order valence-electron chi connectivity index (χ0n) is 13.4. The summed E-state index contributed by atoms with van der Waals surface area (Å²) in [6.07, 6.45) is 6.45. The van der Waals surface area contributed by atoms with Crippen molar-refractivity contribution in [3.8, 4) is 0 Å². The molecule has 1 aromatic carbocycles. The molecule has 1 aliphatic rings. The standard InChI is InChI=1S/C17H27N3O/c1-13-11-15(20(2)3)9-10-16(13)19-17(21)18-12-14-7-5-4-6-8-14/h9-11,14H,4-8,12H2,1-3H3,(H2,18,19,21). The number of hydrogen-bond acceptors (Lipinski definition) is 2. The molecule has 1 aliphatic carbocycles. The van der Waals surface area contributed by atoms with Crippen LogP contribution >= 0.6 is 0 Å². The maximum absolute atomic E-state index is 12.0. The summed E-state index contributed by atoms with van der Waals surface area (Å²) in [4.78, 5) is 14.0. The number of benzene rings is 1. The number of nitrogens with one attached hydrogen (secondary N) is 2. The summed E-state index contributed by atoms with van der Waals surface area (Å²) in [6.45, 7) is 2.81. The Morgan fingerprint density at radius 2 is 1.95 bits per heavy atom. The van der Waals surface area contributed by atoms with Crippen LogP contribution in [0.5, 0.6) is 0 Å². The minimum Gasteiger partial charge on any atom is -0.378 e. The Balaban J connectivity index is 1.84. The second kappa shape index (κ2) is 7.34. The van der Waals surface area contributed by atoms with E-state index in [2.05, 4.69) is 21.6 Å². The maximum atomic E-state index is 12.0. The van der Waals surface area contributed by atoms with E-state index in [0.717, 1.165) is 23.5 Å². The van der Waals surface area contributed by atoms with Gasteiger partial charge in [0.25, 0.3) is 0 Å².